The lowest BCUT2D eigenvalue weighted by atomic mass is 9.95. The SMILES string of the molecule is CCN(CC)CCCNC(=O)C1CCN(c2ncnc3c2cnn3C)CC1. The molecule has 1 saturated heterocycles. The Morgan fingerprint density at radius 3 is 2.70 bits per heavy atom. The molecule has 27 heavy (non-hydrogen) atoms. The second kappa shape index (κ2) is 9.12. The van der Waals surface area contributed by atoms with E-state index >= 15 is 0 Å². The Morgan fingerprint density at radius 2 is 2.00 bits per heavy atom. The molecule has 0 bridgehead atoms. The van der Waals surface area contributed by atoms with E-state index in [4.69, 9.17) is 0 Å². The first-order chi connectivity index (χ1) is 13.1. The summed E-state index contributed by atoms with van der Waals surface area (Å²) in [5.41, 5.74) is 0.841. The van der Waals surface area contributed by atoms with Gasteiger partial charge in [0.25, 0.3) is 0 Å². The number of nitrogens with one attached hydrogen (secondary N) is 1. The van der Waals surface area contributed by atoms with Crippen molar-refractivity contribution in [3.63, 3.8) is 0 Å². The number of hydrogen-bond donors (Lipinski definition) is 1. The van der Waals surface area contributed by atoms with E-state index in [0.717, 1.165) is 75.4 Å². The van der Waals surface area contributed by atoms with Gasteiger partial charge in [-0.2, -0.15) is 5.10 Å². The summed E-state index contributed by atoms with van der Waals surface area (Å²) in [5, 5.41) is 8.37. The molecule has 2 aromatic rings. The second-order valence-electron chi connectivity index (χ2n) is 7.14. The fourth-order valence-corrected chi connectivity index (χ4v) is 3.75. The lowest BCUT2D eigenvalue weighted by molar-refractivity contribution is -0.125. The summed E-state index contributed by atoms with van der Waals surface area (Å²) in [6, 6.07) is 0. The summed E-state index contributed by atoms with van der Waals surface area (Å²) in [6.07, 6.45) is 6.13. The van der Waals surface area contributed by atoms with Crippen molar-refractivity contribution in [2.24, 2.45) is 13.0 Å². The number of carbonyl (C=O) groups excluding carboxylic acids is 1. The monoisotopic (exact) mass is 373 g/mol. The van der Waals surface area contributed by atoms with Gasteiger partial charge in [-0.3, -0.25) is 9.48 Å². The zero-order valence-corrected chi connectivity index (χ0v) is 16.7. The number of fused-ring (bicyclic) bond motifs is 1. The normalized spacial score (nSPS) is 15.6. The zero-order chi connectivity index (χ0) is 19.2. The van der Waals surface area contributed by atoms with Crippen LogP contribution in [0.4, 0.5) is 5.82 Å². The molecule has 0 atom stereocenters. The van der Waals surface area contributed by atoms with E-state index in [0.29, 0.717) is 0 Å². The molecule has 1 fully saturated rings. The van der Waals surface area contributed by atoms with Crippen LogP contribution in [-0.4, -0.2) is 69.8 Å². The molecule has 0 radical (unpaired) electrons. The first kappa shape index (κ1) is 19.5. The molecule has 0 aromatic carbocycles. The molecule has 8 heteroatoms. The van der Waals surface area contributed by atoms with Crippen molar-refractivity contribution in [1.29, 1.82) is 0 Å². The maximum absolute atomic E-state index is 12.5. The highest BCUT2D eigenvalue weighted by atomic mass is 16.1. The number of rotatable bonds is 8. The van der Waals surface area contributed by atoms with Gasteiger partial charge in [-0.05, 0) is 38.9 Å². The molecule has 1 N–H and O–H groups in total. The Kier molecular flexibility index (Phi) is 6.60. The minimum Gasteiger partial charge on any atom is -0.356 e. The van der Waals surface area contributed by atoms with Gasteiger partial charge in [0, 0.05) is 32.6 Å². The number of carbonyl (C=O) groups is 1. The van der Waals surface area contributed by atoms with E-state index < -0.39 is 0 Å². The van der Waals surface area contributed by atoms with Crippen molar-refractivity contribution in [2.45, 2.75) is 33.1 Å². The summed E-state index contributed by atoms with van der Waals surface area (Å²) in [5.74, 6) is 1.22. The lowest BCUT2D eigenvalue weighted by Crippen LogP contribution is -2.41. The van der Waals surface area contributed by atoms with Crippen LogP contribution in [-0.2, 0) is 11.8 Å². The van der Waals surface area contributed by atoms with Crippen molar-refractivity contribution < 1.29 is 4.79 Å². The molecule has 3 rings (SSSR count). The van der Waals surface area contributed by atoms with Gasteiger partial charge in [-0.15, -0.1) is 0 Å². The summed E-state index contributed by atoms with van der Waals surface area (Å²) in [4.78, 5) is 25.8. The van der Waals surface area contributed by atoms with Gasteiger partial charge >= 0.3 is 0 Å². The molecule has 1 aliphatic rings. The molecule has 148 valence electrons. The first-order valence-corrected chi connectivity index (χ1v) is 10.0. The smallest absolute Gasteiger partial charge is 0.223 e. The average Bonchev–Trinajstić information content (AvgIpc) is 3.09. The maximum Gasteiger partial charge on any atom is 0.223 e. The van der Waals surface area contributed by atoms with Crippen LogP contribution in [0, 0.1) is 5.92 Å². The standard InChI is InChI=1S/C19H31N7O/c1-4-25(5-2)10-6-9-20-19(27)15-7-11-26(12-8-15)18-16-13-23-24(3)17(16)21-14-22-18/h13-15H,4-12H2,1-3H3,(H,20,27). The van der Waals surface area contributed by atoms with E-state index in [1.54, 1.807) is 11.0 Å². The number of nitrogens with zero attached hydrogens (tertiary/aromatic N) is 6. The molecular formula is C19H31N7O. The highest BCUT2D eigenvalue weighted by Crippen LogP contribution is 2.27. The van der Waals surface area contributed by atoms with E-state index in [-0.39, 0.29) is 11.8 Å². The molecule has 0 unspecified atom stereocenters. The van der Waals surface area contributed by atoms with E-state index in [1.165, 1.54) is 0 Å². The Balaban J connectivity index is 1.48. The van der Waals surface area contributed by atoms with Gasteiger partial charge in [-0.1, -0.05) is 13.8 Å². The van der Waals surface area contributed by atoms with E-state index in [9.17, 15) is 4.79 Å². The fraction of sp³-hybridized carbons (Fsp3) is 0.684. The Morgan fingerprint density at radius 1 is 1.26 bits per heavy atom. The third-order valence-electron chi connectivity index (χ3n) is 5.52. The predicted octanol–water partition coefficient (Wildman–Crippen LogP) is 1.43. The quantitative estimate of drug-likeness (QED) is 0.705. The van der Waals surface area contributed by atoms with Crippen LogP contribution in [0.1, 0.15) is 33.1 Å². The molecular weight excluding hydrogens is 342 g/mol. The minimum atomic E-state index is 0.0981. The van der Waals surface area contributed by atoms with Crippen LogP contribution in [0.3, 0.4) is 0 Å². The molecule has 1 amide bonds. The molecule has 0 aliphatic carbocycles. The van der Waals surface area contributed by atoms with Crippen molar-refractivity contribution in [2.75, 3.05) is 44.2 Å². The van der Waals surface area contributed by atoms with Gasteiger partial charge in [0.1, 0.15) is 12.1 Å². The number of amides is 1. The molecule has 0 spiro atoms. The van der Waals surface area contributed by atoms with Crippen LogP contribution in [0.2, 0.25) is 0 Å². The molecule has 2 aromatic heterocycles. The largest absolute Gasteiger partial charge is 0.356 e. The molecule has 3 heterocycles. The van der Waals surface area contributed by atoms with Crippen molar-refractivity contribution in [3.8, 4) is 0 Å². The highest BCUT2D eigenvalue weighted by Gasteiger charge is 2.26. The number of aromatic nitrogens is 4. The minimum absolute atomic E-state index is 0.0981. The summed E-state index contributed by atoms with van der Waals surface area (Å²) < 4.78 is 1.76. The lowest BCUT2D eigenvalue weighted by Gasteiger charge is -2.32. The third-order valence-corrected chi connectivity index (χ3v) is 5.52. The van der Waals surface area contributed by atoms with Gasteiger partial charge in [-0.25, -0.2) is 9.97 Å². The first-order valence-electron chi connectivity index (χ1n) is 10.0. The third kappa shape index (κ3) is 4.55. The van der Waals surface area contributed by atoms with E-state index in [1.807, 2.05) is 13.2 Å². The molecule has 0 saturated carbocycles. The van der Waals surface area contributed by atoms with Gasteiger partial charge < -0.3 is 15.1 Å². The number of aryl methyl sites for hydroxylation is 1. The number of anilines is 1. The van der Waals surface area contributed by atoms with Crippen molar-refractivity contribution in [3.05, 3.63) is 12.5 Å². The topological polar surface area (TPSA) is 79.2 Å². The maximum atomic E-state index is 12.5. The van der Waals surface area contributed by atoms with Crippen molar-refractivity contribution in [1.82, 2.24) is 30.0 Å². The van der Waals surface area contributed by atoms with Crippen LogP contribution in [0.25, 0.3) is 11.0 Å². The Hall–Kier alpha value is -2.22. The van der Waals surface area contributed by atoms with Crippen LogP contribution < -0.4 is 10.2 Å². The van der Waals surface area contributed by atoms with Crippen LogP contribution in [0.15, 0.2) is 12.5 Å². The van der Waals surface area contributed by atoms with Gasteiger partial charge in [0.2, 0.25) is 5.91 Å². The highest BCUT2D eigenvalue weighted by molar-refractivity contribution is 5.87. The average molecular weight is 374 g/mol. The Labute approximate surface area is 160 Å². The van der Waals surface area contributed by atoms with Gasteiger partial charge in [0.15, 0.2) is 5.65 Å². The second-order valence-corrected chi connectivity index (χ2v) is 7.14. The number of piperidine rings is 1. The zero-order valence-electron chi connectivity index (χ0n) is 16.7. The van der Waals surface area contributed by atoms with E-state index in [2.05, 4.69) is 44.0 Å². The van der Waals surface area contributed by atoms with Crippen LogP contribution >= 0.6 is 0 Å². The summed E-state index contributed by atoms with van der Waals surface area (Å²) >= 11 is 0. The van der Waals surface area contributed by atoms with Crippen LogP contribution in [0.5, 0.6) is 0 Å². The number of hydrogen-bond acceptors (Lipinski definition) is 6. The fourth-order valence-electron chi connectivity index (χ4n) is 3.75. The molecule has 1 aliphatic heterocycles. The predicted molar refractivity (Wildman–Crippen MR) is 107 cm³/mol. The molecule has 8 nitrogen and oxygen atoms in total. The Bertz CT molecular complexity index is 748. The summed E-state index contributed by atoms with van der Waals surface area (Å²) in [6.45, 7) is 9.95. The van der Waals surface area contributed by atoms with Crippen molar-refractivity contribution >= 4 is 22.8 Å². The summed E-state index contributed by atoms with van der Waals surface area (Å²) in [7, 11) is 1.88. The van der Waals surface area contributed by atoms with Gasteiger partial charge in [0.05, 0.1) is 11.6 Å².